The number of hydrogen-bond donors (Lipinski definition) is 1. The Morgan fingerprint density at radius 2 is 1.69 bits per heavy atom. The molecule has 2 aliphatic rings. The molecule has 39 heavy (non-hydrogen) atoms. The molecule has 2 unspecified atom stereocenters. The van der Waals surface area contributed by atoms with Crippen LogP contribution in [0.1, 0.15) is 21.9 Å². The summed E-state index contributed by atoms with van der Waals surface area (Å²) in [6.07, 6.45) is 0. The number of carbonyl (C=O) groups is 3. The van der Waals surface area contributed by atoms with Crippen LogP contribution in [-0.2, 0) is 20.9 Å². The normalized spacial score (nSPS) is 20.1. The number of thiazole rings is 1. The predicted molar refractivity (Wildman–Crippen MR) is 154 cm³/mol. The number of imide groups is 1. The van der Waals surface area contributed by atoms with Gasteiger partial charge in [-0.2, -0.15) is 0 Å². The van der Waals surface area contributed by atoms with E-state index in [0.717, 1.165) is 22.5 Å². The average Bonchev–Trinajstić information content (AvgIpc) is 3.36. The predicted octanol–water partition coefficient (Wildman–Crippen LogP) is 5.31. The van der Waals surface area contributed by atoms with Crippen LogP contribution < -0.4 is 15.1 Å². The van der Waals surface area contributed by atoms with Crippen molar-refractivity contribution in [3.63, 3.8) is 0 Å². The van der Waals surface area contributed by atoms with E-state index in [4.69, 9.17) is 11.6 Å². The number of anilines is 2. The van der Waals surface area contributed by atoms with E-state index in [-0.39, 0.29) is 29.1 Å². The van der Waals surface area contributed by atoms with Crippen molar-refractivity contribution in [3.8, 4) is 0 Å². The van der Waals surface area contributed by atoms with E-state index in [0.29, 0.717) is 26.3 Å². The van der Waals surface area contributed by atoms with Gasteiger partial charge in [0, 0.05) is 21.5 Å². The molecule has 1 saturated heterocycles. The highest BCUT2D eigenvalue weighted by molar-refractivity contribution is 8.00. The Morgan fingerprint density at radius 1 is 0.949 bits per heavy atom. The topological polar surface area (TPSA) is 88.5 Å². The molecule has 1 N–H and O–H groups in total. The second-order valence-electron chi connectivity index (χ2n) is 9.48. The number of fused-ring (bicyclic) bond motifs is 2. The van der Waals surface area contributed by atoms with Crippen LogP contribution >= 0.6 is 34.7 Å². The lowest BCUT2D eigenvalue weighted by molar-refractivity contribution is -0.122. The maximum atomic E-state index is 13.8. The van der Waals surface area contributed by atoms with Gasteiger partial charge in [-0.25, -0.2) is 4.90 Å². The number of aromatic nitrogens is 1. The fourth-order valence-corrected chi connectivity index (χ4v) is 8.09. The van der Waals surface area contributed by atoms with Crippen LogP contribution in [-0.4, -0.2) is 27.5 Å². The minimum Gasteiger partial charge on any atom is -0.325 e. The number of rotatable bonds is 5. The Bertz CT molecular complexity index is 1670. The average molecular weight is 576 g/mol. The molecule has 7 nitrogen and oxygen atoms in total. The highest BCUT2D eigenvalue weighted by atomic mass is 35.5. The molecule has 0 spiro atoms. The van der Waals surface area contributed by atoms with E-state index in [2.05, 4.69) is 5.32 Å². The van der Waals surface area contributed by atoms with Gasteiger partial charge >= 0.3 is 4.87 Å². The molecule has 1 aromatic heterocycles. The third-order valence-electron chi connectivity index (χ3n) is 6.90. The summed E-state index contributed by atoms with van der Waals surface area (Å²) in [6, 6.07) is 23.4. The van der Waals surface area contributed by atoms with Gasteiger partial charge in [-0.3, -0.25) is 23.7 Å². The first-order valence-electron chi connectivity index (χ1n) is 12.3. The molecule has 0 aliphatic carbocycles. The van der Waals surface area contributed by atoms with Gasteiger partial charge in [-0.15, -0.1) is 0 Å². The van der Waals surface area contributed by atoms with E-state index in [9.17, 15) is 19.2 Å². The summed E-state index contributed by atoms with van der Waals surface area (Å²) in [4.78, 5) is 55.4. The molecule has 10 heteroatoms. The second kappa shape index (κ2) is 10.1. The number of carbonyl (C=O) groups excluding carboxylic acids is 3. The Balaban J connectivity index is 1.40. The van der Waals surface area contributed by atoms with Crippen LogP contribution in [0, 0.1) is 12.8 Å². The lowest BCUT2D eigenvalue weighted by Gasteiger charge is -2.30. The number of thioether (sulfide) groups is 1. The SMILES string of the molecule is Cc1cccc(NC(=O)Cn2c3c(sc2=O)[C@H](c2ccccc2)C2C(=O)N(c4ccc(Cl)cc4)C(=O)C2S3)c1. The van der Waals surface area contributed by atoms with Crippen molar-refractivity contribution in [2.24, 2.45) is 5.92 Å². The smallest absolute Gasteiger partial charge is 0.308 e. The summed E-state index contributed by atoms with van der Waals surface area (Å²) in [5.74, 6) is -2.21. The van der Waals surface area contributed by atoms with Gasteiger partial charge in [0.1, 0.15) is 11.8 Å². The molecular weight excluding hydrogens is 554 g/mol. The number of halogens is 1. The monoisotopic (exact) mass is 575 g/mol. The van der Waals surface area contributed by atoms with Gasteiger partial charge in [0.2, 0.25) is 17.7 Å². The third kappa shape index (κ3) is 4.60. The zero-order valence-electron chi connectivity index (χ0n) is 20.7. The van der Waals surface area contributed by atoms with E-state index < -0.39 is 17.1 Å². The second-order valence-corrected chi connectivity index (χ2v) is 12.0. The summed E-state index contributed by atoms with van der Waals surface area (Å²) in [7, 11) is 0. The molecule has 2 aliphatic heterocycles. The van der Waals surface area contributed by atoms with Crippen LogP contribution in [0.15, 0.2) is 88.7 Å². The van der Waals surface area contributed by atoms with Crippen LogP contribution in [0.5, 0.6) is 0 Å². The van der Waals surface area contributed by atoms with Gasteiger partial charge in [0.05, 0.1) is 16.6 Å². The minimum atomic E-state index is -0.744. The molecule has 0 bridgehead atoms. The Hall–Kier alpha value is -3.66. The summed E-state index contributed by atoms with van der Waals surface area (Å²) in [5, 5.41) is 3.16. The molecule has 6 rings (SSSR count). The van der Waals surface area contributed by atoms with E-state index in [1.54, 1.807) is 30.3 Å². The fraction of sp³-hybridized carbons (Fsp3) is 0.172. The first-order chi connectivity index (χ1) is 18.8. The number of nitrogens with one attached hydrogen (secondary N) is 1. The van der Waals surface area contributed by atoms with Gasteiger partial charge in [0.25, 0.3) is 0 Å². The molecule has 3 heterocycles. The standard InChI is InChI=1S/C29H22ClN3O4S2/c1-16-6-5-9-19(14-16)31-21(34)15-32-28-25(39-29(32)37)22(17-7-3-2-4-8-17)23-24(38-28)27(36)33(26(23)35)20-12-10-18(30)11-13-20/h2-14,22-24H,15H2,1H3,(H,31,34)/t22-,23?,24?/m1/s1. The lowest BCUT2D eigenvalue weighted by atomic mass is 9.83. The number of aryl methyl sites for hydroxylation is 1. The van der Waals surface area contributed by atoms with Gasteiger partial charge in [-0.05, 0) is 54.4 Å². The quantitative estimate of drug-likeness (QED) is 0.326. The lowest BCUT2D eigenvalue weighted by Crippen LogP contribution is -2.33. The van der Waals surface area contributed by atoms with Crippen molar-refractivity contribution in [1.29, 1.82) is 0 Å². The first kappa shape index (κ1) is 25.6. The first-order valence-corrected chi connectivity index (χ1v) is 14.3. The molecule has 0 saturated carbocycles. The fourth-order valence-electron chi connectivity index (χ4n) is 5.19. The van der Waals surface area contributed by atoms with E-state index >= 15 is 0 Å². The number of amides is 3. The third-order valence-corrected chi connectivity index (χ3v) is 9.75. The van der Waals surface area contributed by atoms with Crippen LogP contribution in [0.2, 0.25) is 5.02 Å². The molecule has 4 aromatic rings. The Morgan fingerprint density at radius 3 is 2.41 bits per heavy atom. The summed E-state index contributed by atoms with van der Waals surface area (Å²) in [6.45, 7) is 1.73. The van der Waals surface area contributed by atoms with Crippen molar-refractivity contribution in [2.75, 3.05) is 10.2 Å². The zero-order valence-corrected chi connectivity index (χ0v) is 23.1. The summed E-state index contributed by atoms with van der Waals surface area (Å²) >= 11 is 8.26. The molecular formula is C29H22ClN3O4S2. The molecule has 196 valence electrons. The molecule has 0 radical (unpaired) electrons. The maximum Gasteiger partial charge on any atom is 0.308 e. The van der Waals surface area contributed by atoms with Gasteiger partial charge in [-0.1, -0.05) is 77.2 Å². The van der Waals surface area contributed by atoms with Crippen molar-refractivity contribution in [3.05, 3.63) is 110 Å². The van der Waals surface area contributed by atoms with Gasteiger partial charge < -0.3 is 5.32 Å². The largest absolute Gasteiger partial charge is 0.325 e. The van der Waals surface area contributed by atoms with Crippen molar-refractivity contribution >= 4 is 63.8 Å². The van der Waals surface area contributed by atoms with Gasteiger partial charge in [0.15, 0.2) is 0 Å². The summed E-state index contributed by atoms with van der Waals surface area (Å²) in [5.41, 5.74) is 2.93. The maximum absolute atomic E-state index is 13.8. The molecule has 3 aromatic carbocycles. The highest BCUT2D eigenvalue weighted by Gasteiger charge is 2.56. The number of nitrogens with zero attached hydrogens (tertiary/aromatic N) is 2. The minimum absolute atomic E-state index is 0.201. The van der Waals surface area contributed by atoms with E-state index in [1.165, 1.54) is 21.2 Å². The Kier molecular flexibility index (Phi) is 6.66. The van der Waals surface area contributed by atoms with Crippen LogP contribution in [0.4, 0.5) is 11.4 Å². The van der Waals surface area contributed by atoms with E-state index in [1.807, 2.05) is 55.5 Å². The van der Waals surface area contributed by atoms with Crippen LogP contribution in [0.3, 0.4) is 0 Å². The molecule has 3 atom stereocenters. The molecule has 1 fully saturated rings. The van der Waals surface area contributed by atoms with Crippen LogP contribution in [0.25, 0.3) is 0 Å². The molecule has 3 amide bonds. The Labute approximate surface area is 237 Å². The summed E-state index contributed by atoms with van der Waals surface area (Å²) < 4.78 is 1.42. The van der Waals surface area contributed by atoms with Crippen molar-refractivity contribution in [2.45, 2.75) is 29.7 Å². The highest BCUT2D eigenvalue weighted by Crippen LogP contribution is 2.53. The van der Waals surface area contributed by atoms with Crippen molar-refractivity contribution in [1.82, 2.24) is 4.57 Å². The number of hydrogen-bond acceptors (Lipinski definition) is 6. The van der Waals surface area contributed by atoms with Crippen molar-refractivity contribution < 1.29 is 14.4 Å². The number of benzene rings is 3. The zero-order chi connectivity index (χ0) is 27.3.